The van der Waals surface area contributed by atoms with E-state index in [9.17, 15) is 4.79 Å². The monoisotopic (exact) mass is 383 g/mol. The fraction of sp³-hybridized carbons (Fsp3) is 0.696. The number of hydrogen-bond acceptors (Lipinski definition) is 3. The molecule has 1 aromatic rings. The van der Waals surface area contributed by atoms with Gasteiger partial charge in [-0.3, -0.25) is 4.79 Å². The molecular weight excluding hydrogens is 338 g/mol. The van der Waals surface area contributed by atoms with Crippen LogP contribution < -0.4 is 10.1 Å². The van der Waals surface area contributed by atoms with Crippen LogP contribution in [-0.2, 0) is 10.2 Å². The van der Waals surface area contributed by atoms with Crippen LogP contribution in [0.5, 0.6) is 5.75 Å². The predicted octanol–water partition coefficient (Wildman–Crippen LogP) is 6.28. The molecule has 1 heterocycles. The molecule has 4 heteroatoms. The molecule has 1 fully saturated rings. The summed E-state index contributed by atoms with van der Waals surface area (Å²) >= 11 is 0. The maximum absolute atomic E-state index is 10.8. The second-order valence-electron chi connectivity index (χ2n) is 6.05. The van der Waals surface area contributed by atoms with Crippen molar-refractivity contribution in [1.82, 2.24) is 5.32 Å². The predicted molar refractivity (Wildman–Crippen MR) is 119 cm³/mol. The number of hydrogen-bond donors (Lipinski definition) is 2. The van der Waals surface area contributed by atoms with Gasteiger partial charge in [-0.2, -0.15) is 0 Å². The van der Waals surface area contributed by atoms with Crippen molar-refractivity contribution in [2.24, 2.45) is 0 Å². The van der Waals surface area contributed by atoms with Gasteiger partial charge in [0.15, 0.2) is 0 Å². The smallest absolute Gasteiger partial charge is 0.320 e. The number of ether oxygens (including phenoxy) is 1. The molecule has 0 radical (unpaired) electrons. The molecule has 0 amide bonds. The molecule has 0 spiro atoms. The van der Waals surface area contributed by atoms with Crippen LogP contribution in [0, 0.1) is 0 Å². The summed E-state index contributed by atoms with van der Waals surface area (Å²) in [5.41, 5.74) is 1.38. The lowest BCUT2D eigenvalue weighted by Gasteiger charge is -2.20. The number of carboxylic acid groups (broad SMARTS) is 1. The van der Waals surface area contributed by atoms with Gasteiger partial charge >= 0.3 is 5.97 Å². The van der Waals surface area contributed by atoms with Crippen LogP contribution in [0.1, 0.15) is 88.1 Å². The molecule has 2 N–H and O–H groups in total. The zero-order chi connectivity index (χ0) is 22.0. The first kappa shape index (κ1) is 30.2. The minimum absolute atomic E-state index is 0.0680. The van der Waals surface area contributed by atoms with Crippen molar-refractivity contribution < 1.29 is 14.6 Å². The summed E-state index contributed by atoms with van der Waals surface area (Å²) in [6.45, 7) is 23.1. The molecule has 27 heavy (non-hydrogen) atoms. The summed E-state index contributed by atoms with van der Waals surface area (Å²) in [6, 6.07) is 7.54. The van der Waals surface area contributed by atoms with E-state index in [4.69, 9.17) is 9.84 Å². The highest BCUT2D eigenvalue weighted by Crippen LogP contribution is 2.25. The van der Waals surface area contributed by atoms with Gasteiger partial charge in [0.1, 0.15) is 17.9 Å². The van der Waals surface area contributed by atoms with Crippen molar-refractivity contribution in [3.63, 3.8) is 0 Å². The SMILES string of the molecule is CC.CC.CC.CC.CC(C)(C)c1ccc(O[C@H]2CN[C@H](C(=O)O)C2)cc1. The number of carbonyl (C=O) groups is 1. The number of nitrogens with one attached hydrogen (secondary N) is 1. The Labute approximate surface area is 168 Å². The molecule has 0 saturated carbocycles. The lowest BCUT2D eigenvalue weighted by atomic mass is 9.87. The lowest BCUT2D eigenvalue weighted by Crippen LogP contribution is -2.30. The van der Waals surface area contributed by atoms with E-state index in [1.165, 1.54) is 5.56 Å². The minimum atomic E-state index is -0.811. The van der Waals surface area contributed by atoms with Gasteiger partial charge in [-0.15, -0.1) is 0 Å². The van der Waals surface area contributed by atoms with Crippen molar-refractivity contribution in [3.05, 3.63) is 29.8 Å². The van der Waals surface area contributed by atoms with Crippen LogP contribution in [-0.4, -0.2) is 29.8 Å². The molecule has 0 aromatic heterocycles. The molecule has 2 rings (SSSR count). The first-order valence-corrected chi connectivity index (χ1v) is 10.6. The molecule has 2 atom stereocenters. The van der Waals surface area contributed by atoms with Crippen LogP contribution in [0.3, 0.4) is 0 Å². The molecule has 160 valence electrons. The molecule has 0 bridgehead atoms. The van der Waals surface area contributed by atoms with Gasteiger partial charge in [-0.05, 0) is 23.1 Å². The Morgan fingerprint density at radius 3 is 1.74 bits per heavy atom. The molecule has 1 aliphatic heterocycles. The highest BCUT2D eigenvalue weighted by atomic mass is 16.5. The summed E-state index contributed by atoms with van der Waals surface area (Å²) in [7, 11) is 0. The average molecular weight is 384 g/mol. The Morgan fingerprint density at radius 2 is 1.41 bits per heavy atom. The maximum atomic E-state index is 10.8. The van der Waals surface area contributed by atoms with E-state index in [0.717, 1.165) is 5.75 Å². The third-order valence-electron chi connectivity index (χ3n) is 3.41. The molecule has 0 unspecified atom stereocenters. The normalized spacial score (nSPS) is 17.3. The second-order valence-corrected chi connectivity index (χ2v) is 6.05. The largest absolute Gasteiger partial charge is 0.489 e. The highest BCUT2D eigenvalue weighted by molar-refractivity contribution is 5.73. The fourth-order valence-corrected chi connectivity index (χ4v) is 2.21. The van der Waals surface area contributed by atoms with E-state index < -0.39 is 12.0 Å². The van der Waals surface area contributed by atoms with Gasteiger partial charge in [-0.1, -0.05) is 88.3 Å². The fourth-order valence-electron chi connectivity index (χ4n) is 2.21. The lowest BCUT2D eigenvalue weighted by molar-refractivity contribution is -0.139. The van der Waals surface area contributed by atoms with Crippen LogP contribution >= 0.6 is 0 Å². The molecule has 1 aromatic carbocycles. The molecular formula is C23H45NO3. The third kappa shape index (κ3) is 12.5. The quantitative estimate of drug-likeness (QED) is 0.644. The van der Waals surface area contributed by atoms with Crippen molar-refractivity contribution in [2.45, 2.75) is 100 Å². The summed E-state index contributed by atoms with van der Waals surface area (Å²) in [5, 5.41) is 11.8. The van der Waals surface area contributed by atoms with Crippen LogP contribution in [0.4, 0.5) is 0 Å². The zero-order valence-corrected chi connectivity index (χ0v) is 19.6. The number of benzene rings is 1. The third-order valence-corrected chi connectivity index (χ3v) is 3.41. The number of aliphatic carboxylic acids is 1. The van der Waals surface area contributed by atoms with E-state index >= 15 is 0 Å². The van der Waals surface area contributed by atoms with Gasteiger partial charge < -0.3 is 15.2 Å². The van der Waals surface area contributed by atoms with E-state index in [-0.39, 0.29) is 11.5 Å². The maximum Gasteiger partial charge on any atom is 0.320 e. The Hall–Kier alpha value is -1.55. The molecule has 1 aliphatic rings. The Balaban J connectivity index is -0.000000638. The van der Waals surface area contributed by atoms with Gasteiger partial charge in [0, 0.05) is 13.0 Å². The number of carboxylic acids is 1. The minimum Gasteiger partial charge on any atom is -0.489 e. The van der Waals surface area contributed by atoms with Crippen molar-refractivity contribution in [1.29, 1.82) is 0 Å². The Morgan fingerprint density at radius 1 is 0.963 bits per heavy atom. The average Bonchev–Trinajstić information content (AvgIpc) is 3.17. The molecule has 1 saturated heterocycles. The van der Waals surface area contributed by atoms with Gasteiger partial charge in [0.2, 0.25) is 0 Å². The molecule has 0 aliphatic carbocycles. The standard InChI is InChI=1S/C15H21NO3.4C2H6/c1-15(2,3)10-4-6-11(7-5-10)19-12-8-13(14(17)18)16-9-12;4*1-2/h4-7,12-13,16H,8-9H2,1-3H3,(H,17,18);4*1-2H3/t12-,13+;;;;/m1..../s1. The topological polar surface area (TPSA) is 58.6 Å². The Kier molecular flexibility index (Phi) is 19.9. The zero-order valence-electron chi connectivity index (χ0n) is 19.6. The van der Waals surface area contributed by atoms with Crippen LogP contribution in [0.15, 0.2) is 24.3 Å². The summed E-state index contributed by atoms with van der Waals surface area (Å²) in [5.74, 6) is -0.0139. The van der Waals surface area contributed by atoms with Crippen LogP contribution in [0.25, 0.3) is 0 Å². The van der Waals surface area contributed by atoms with Crippen molar-refractivity contribution in [2.75, 3.05) is 6.54 Å². The highest BCUT2D eigenvalue weighted by Gasteiger charge is 2.30. The van der Waals surface area contributed by atoms with E-state index in [2.05, 4.69) is 38.2 Å². The second kappa shape index (κ2) is 17.8. The van der Waals surface area contributed by atoms with Gasteiger partial charge in [0.05, 0.1) is 0 Å². The van der Waals surface area contributed by atoms with E-state index in [0.29, 0.717) is 13.0 Å². The summed E-state index contributed by atoms with van der Waals surface area (Å²) in [6.07, 6.45) is 0.442. The summed E-state index contributed by atoms with van der Waals surface area (Å²) in [4.78, 5) is 10.8. The van der Waals surface area contributed by atoms with Crippen LogP contribution in [0.2, 0.25) is 0 Å². The van der Waals surface area contributed by atoms with Gasteiger partial charge in [-0.25, -0.2) is 0 Å². The first-order valence-electron chi connectivity index (χ1n) is 10.6. The number of rotatable bonds is 3. The Bertz CT molecular complexity index is 450. The van der Waals surface area contributed by atoms with Gasteiger partial charge in [0.25, 0.3) is 0 Å². The first-order chi connectivity index (χ1) is 12.9. The molecule has 4 nitrogen and oxygen atoms in total. The van der Waals surface area contributed by atoms with Crippen molar-refractivity contribution >= 4 is 5.97 Å². The summed E-state index contributed by atoms with van der Waals surface area (Å²) < 4.78 is 5.80. The van der Waals surface area contributed by atoms with E-state index in [1.54, 1.807) is 0 Å². The van der Waals surface area contributed by atoms with E-state index in [1.807, 2.05) is 67.5 Å². The van der Waals surface area contributed by atoms with Crippen molar-refractivity contribution in [3.8, 4) is 5.75 Å².